The number of nitrogens with zero attached hydrogens (tertiary/aromatic N) is 2. The molecule has 6 nitrogen and oxygen atoms in total. The van der Waals surface area contributed by atoms with E-state index in [9.17, 15) is 9.90 Å². The number of aryl methyl sites for hydroxylation is 1. The van der Waals surface area contributed by atoms with Crippen LogP contribution in [0.4, 0.5) is 0 Å². The van der Waals surface area contributed by atoms with E-state index in [1.54, 1.807) is 21.1 Å². The number of β-amino-alcohol motifs (C(OH)–C–C–N with tert-alkyl or cyclic N) is 1. The number of carbonyl (C=O) groups is 1. The predicted octanol–water partition coefficient (Wildman–Crippen LogP) is 1.16. The van der Waals surface area contributed by atoms with Crippen LogP contribution in [0.1, 0.15) is 18.9 Å². The summed E-state index contributed by atoms with van der Waals surface area (Å²) in [5, 5.41) is 9.44. The standard InChI is InChI=1S/C18H28N2O4/c1-14(21)13-19-8-10-20(11-9-19)18(22)7-4-15-12-16(23-2)5-6-17(15)24-3/h5-6,12,14,21H,4,7-11,13H2,1-3H3. The molecule has 1 fully saturated rings. The smallest absolute Gasteiger partial charge is 0.222 e. The molecule has 1 amide bonds. The van der Waals surface area contributed by atoms with E-state index in [1.807, 2.05) is 23.1 Å². The molecule has 1 atom stereocenters. The van der Waals surface area contributed by atoms with Crippen molar-refractivity contribution in [2.75, 3.05) is 46.9 Å². The maximum Gasteiger partial charge on any atom is 0.222 e. The van der Waals surface area contributed by atoms with Gasteiger partial charge < -0.3 is 19.5 Å². The average molecular weight is 336 g/mol. The van der Waals surface area contributed by atoms with E-state index < -0.39 is 0 Å². The van der Waals surface area contributed by atoms with Gasteiger partial charge in [-0.2, -0.15) is 0 Å². The maximum absolute atomic E-state index is 12.4. The molecule has 1 aliphatic heterocycles. The van der Waals surface area contributed by atoms with Crippen molar-refractivity contribution in [2.24, 2.45) is 0 Å². The number of benzene rings is 1. The lowest BCUT2D eigenvalue weighted by Crippen LogP contribution is -2.50. The van der Waals surface area contributed by atoms with Crippen molar-refractivity contribution in [1.82, 2.24) is 9.80 Å². The molecule has 0 aliphatic carbocycles. The molecule has 0 radical (unpaired) electrons. The first kappa shape index (κ1) is 18.5. The molecule has 1 heterocycles. The highest BCUT2D eigenvalue weighted by Gasteiger charge is 2.21. The number of hydrogen-bond acceptors (Lipinski definition) is 5. The van der Waals surface area contributed by atoms with Gasteiger partial charge in [-0.05, 0) is 37.1 Å². The minimum atomic E-state index is -0.326. The second-order valence-corrected chi connectivity index (χ2v) is 6.21. The lowest BCUT2D eigenvalue weighted by atomic mass is 10.1. The minimum Gasteiger partial charge on any atom is -0.497 e. The highest BCUT2D eigenvalue weighted by atomic mass is 16.5. The normalized spacial score (nSPS) is 16.8. The molecule has 1 unspecified atom stereocenters. The molecule has 1 aliphatic rings. The van der Waals surface area contributed by atoms with Crippen molar-refractivity contribution in [3.63, 3.8) is 0 Å². The second-order valence-electron chi connectivity index (χ2n) is 6.21. The molecule has 2 rings (SSSR count). The quantitative estimate of drug-likeness (QED) is 0.810. The first-order valence-corrected chi connectivity index (χ1v) is 8.42. The summed E-state index contributed by atoms with van der Waals surface area (Å²) in [6, 6.07) is 5.64. The fourth-order valence-corrected chi connectivity index (χ4v) is 3.03. The van der Waals surface area contributed by atoms with E-state index in [4.69, 9.17) is 9.47 Å². The van der Waals surface area contributed by atoms with Gasteiger partial charge in [0, 0.05) is 39.1 Å². The first-order valence-electron chi connectivity index (χ1n) is 8.42. The van der Waals surface area contributed by atoms with Gasteiger partial charge in [0.15, 0.2) is 0 Å². The van der Waals surface area contributed by atoms with Crippen molar-refractivity contribution in [3.8, 4) is 11.5 Å². The van der Waals surface area contributed by atoms with Crippen LogP contribution in [-0.4, -0.2) is 73.9 Å². The Morgan fingerprint density at radius 1 is 1.21 bits per heavy atom. The number of ether oxygens (including phenoxy) is 2. The maximum atomic E-state index is 12.4. The number of rotatable bonds is 7. The molecule has 134 valence electrons. The van der Waals surface area contributed by atoms with Crippen LogP contribution >= 0.6 is 0 Å². The number of amides is 1. The number of hydrogen-bond donors (Lipinski definition) is 1. The topological polar surface area (TPSA) is 62.2 Å². The Bertz CT molecular complexity index is 540. The minimum absolute atomic E-state index is 0.163. The van der Waals surface area contributed by atoms with Crippen LogP contribution in [-0.2, 0) is 11.2 Å². The Balaban J connectivity index is 1.85. The van der Waals surface area contributed by atoms with Gasteiger partial charge in [-0.15, -0.1) is 0 Å². The number of aliphatic hydroxyl groups is 1. The third-order valence-corrected chi connectivity index (χ3v) is 4.34. The third-order valence-electron chi connectivity index (χ3n) is 4.34. The summed E-state index contributed by atoms with van der Waals surface area (Å²) in [6.07, 6.45) is 0.764. The zero-order valence-corrected chi connectivity index (χ0v) is 14.8. The molecule has 1 aromatic carbocycles. The zero-order chi connectivity index (χ0) is 17.5. The molecule has 6 heteroatoms. The number of carbonyl (C=O) groups excluding carboxylic acids is 1. The first-order chi connectivity index (χ1) is 11.5. The lowest BCUT2D eigenvalue weighted by molar-refractivity contribution is -0.133. The monoisotopic (exact) mass is 336 g/mol. The van der Waals surface area contributed by atoms with Gasteiger partial charge in [0.25, 0.3) is 0 Å². The molecular formula is C18H28N2O4. The fraction of sp³-hybridized carbons (Fsp3) is 0.611. The SMILES string of the molecule is COc1ccc(OC)c(CCC(=O)N2CCN(CC(C)O)CC2)c1. The molecule has 1 saturated heterocycles. The molecule has 0 spiro atoms. The van der Waals surface area contributed by atoms with E-state index in [-0.39, 0.29) is 12.0 Å². The molecule has 1 N–H and O–H groups in total. The van der Waals surface area contributed by atoms with E-state index in [1.165, 1.54) is 0 Å². The fourth-order valence-electron chi connectivity index (χ4n) is 3.03. The van der Waals surface area contributed by atoms with Gasteiger partial charge in [-0.1, -0.05) is 0 Å². The van der Waals surface area contributed by atoms with Gasteiger partial charge in [0.2, 0.25) is 5.91 Å². The third kappa shape index (κ3) is 5.11. The predicted molar refractivity (Wildman–Crippen MR) is 92.6 cm³/mol. The Morgan fingerprint density at radius 2 is 1.92 bits per heavy atom. The largest absolute Gasteiger partial charge is 0.497 e. The lowest BCUT2D eigenvalue weighted by Gasteiger charge is -2.35. The molecule has 0 aromatic heterocycles. The van der Waals surface area contributed by atoms with Crippen LogP contribution in [0.2, 0.25) is 0 Å². The highest BCUT2D eigenvalue weighted by molar-refractivity contribution is 5.76. The van der Waals surface area contributed by atoms with Crippen LogP contribution in [0.3, 0.4) is 0 Å². The summed E-state index contributed by atoms with van der Waals surface area (Å²) in [4.78, 5) is 16.5. The van der Waals surface area contributed by atoms with E-state index in [2.05, 4.69) is 4.90 Å². The van der Waals surface area contributed by atoms with Crippen LogP contribution in [0.15, 0.2) is 18.2 Å². The summed E-state index contributed by atoms with van der Waals surface area (Å²) in [6.45, 7) is 5.54. The van der Waals surface area contributed by atoms with E-state index in [0.29, 0.717) is 19.4 Å². The molecule has 1 aromatic rings. The molecule has 0 bridgehead atoms. The average Bonchev–Trinajstić information content (AvgIpc) is 2.59. The summed E-state index contributed by atoms with van der Waals surface area (Å²) in [5.74, 6) is 1.71. The van der Waals surface area contributed by atoms with E-state index >= 15 is 0 Å². The van der Waals surface area contributed by atoms with Crippen molar-refractivity contribution >= 4 is 5.91 Å². The second kappa shape index (κ2) is 8.89. The number of methoxy groups -OCH3 is 2. The Hall–Kier alpha value is -1.79. The van der Waals surface area contributed by atoms with Crippen LogP contribution in [0.25, 0.3) is 0 Å². The van der Waals surface area contributed by atoms with Gasteiger partial charge in [0.05, 0.1) is 20.3 Å². The molecule has 24 heavy (non-hydrogen) atoms. The summed E-state index contributed by atoms with van der Waals surface area (Å²) >= 11 is 0. The van der Waals surface area contributed by atoms with Crippen molar-refractivity contribution < 1.29 is 19.4 Å². The number of piperazine rings is 1. The van der Waals surface area contributed by atoms with E-state index in [0.717, 1.165) is 43.2 Å². The summed E-state index contributed by atoms with van der Waals surface area (Å²) in [5.41, 5.74) is 0.984. The van der Waals surface area contributed by atoms with Crippen LogP contribution in [0, 0.1) is 0 Å². The molecule has 0 saturated carbocycles. The zero-order valence-electron chi connectivity index (χ0n) is 14.8. The Kier molecular flexibility index (Phi) is 6.87. The van der Waals surface area contributed by atoms with Gasteiger partial charge >= 0.3 is 0 Å². The van der Waals surface area contributed by atoms with Crippen LogP contribution in [0.5, 0.6) is 11.5 Å². The number of aliphatic hydroxyl groups excluding tert-OH is 1. The Morgan fingerprint density at radius 3 is 2.50 bits per heavy atom. The summed E-state index contributed by atoms with van der Waals surface area (Å²) in [7, 11) is 3.26. The van der Waals surface area contributed by atoms with Gasteiger partial charge in [0.1, 0.15) is 11.5 Å². The van der Waals surface area contributed by atoms with Crippen molar-refractivity contribution in [3.05, 3.63) is 23.8 Å². The van der Waals surface area contributed by atoms with Crippen molar-refractivity contribution in [1.29, 1.82) is 0 Å². The highest BCUT2D eigenvalue weighted by Crippen LogP contribution is 2.25. The molecular weight excluding hydrogens is 308 g/mol. The summed E-state index contributed by atoms with van der Waals surface area (Å²) < 4.78 is 10.6. The van der Waals surface area contributed by atoms with Crippen LogP contribution < -0.4 is 9.47 Å². The van der Waals surface area contributed by atoms with Gasteiger partial charge in [-0.3, -0.25) is 9.69 Å². The van der Waals surface area contributed by atoms with Gasteiger partial charge in [-0.25, -0.2) is 0 Å². The van der Waals surface area contributed by atoms with Crippen molar-refractivity contribution in [2.45, 2.75) is 25.9 Å². The Labute approximate surface area is 144 Å².